The van der Waals surface area contributed by atoms with Crippen LogP contribution in [0.15, 0.2) is 40.9 Å². The van der Waals surface area contributed by atoms with Gasteiger partial charge in [0.1, 0.15) is 6.61 Å². The number of aryl methyl sites for hydroxylation is 1. The number of allylic oxidation sites excluding steroid dienone is 1. The van der Waals surface area contributed by atoms with E-state index in [1.165, 1.54) is 0 Å². The van der Waals surface area contributed by atoms with Crippen LogP contribution in [0.4, 0.5) is 4.79 Å². The van der Waals surface area contributed by atoms with Gasteiger partial charge in [-0.2, -0.15) is 4.31 Å². The van der Waals surface area contributed by atoms with E-state index < -0.39 is 10.0 Å². The number of benzene rings is 1. The minimum absolute atomic E-state index is 0.164. The summed E-state index contributed by atoms with van der Waals surface area (Å²) in [6, 6.07) is 7.10. The Balaban J connectivity index is 1.47. The van der Waals surface area contributed by atoms with Crippen molar-refractivity contribution in [1.82, 2.24) is 9.21 Å². The molecule has 2 bridgehead atoms. The van der Waals surface area contributed by atoms with E-state index in [0.717, 1.165) is 36.9 Å². The second-order valence-electron chi connectivity index (χ2n) is 8.68. The molecule has 1 saturated carbocycles. The SMILES string of the molecule is Cc1ccc(S(=O)(=O)N2CC[C@H]3C[C@@H]4CC[C@]3(C=C4N3CCOC3=O)C2)cc1. The smallest absolute Gasteiger partial charge is 0.414 e. The highest BCUT2D eigenvalue weighted by Gasteiger charge is 2.53. The number of fused-ring (bicyclic) bond motifs is 1. The van der Waals surface area contributed by atoms with Crippen molar-refractivity contribution in [3.63, 3.8) is 0 Å². The number of carbonyl (C=O) groups is 1. The zero-order valence-electron chi connectivity index (χ0n) is 16.1. The molecule has 3 aliphatic carbocycles. The molecule has 5 aliphatic rings. The number of nitrogens with zero attached hydrogens (tertiary/aromatic N) is 2. The molecule has 28 heavy (non-hydrogen) atoms. The zero-order valence-corrected chi connectivity index (χ0v) is 17.0. The maximum atomic E-state index is 13.3. The summed E-state index contributed by atoms with van der Waals surface area (Å²) in [5.41, 5.74) is 1.95. The van der Waals surface area contributed by atoms with Crippen molar-refractivity contribution in [3.8, 4) is 0 Å². The number of sulfonamides is 1. The Morgan fingerprint density at radius 2 is 1.93 bits per heavy atom. The van der Waals surface area contributed by atoms with E-state index in [9.17, 15) is 13.2 Å². The molecule has 1 amide bonds. The first-order valence-electron chi connectivity index (χ1n) is 10.1. The van der Waals surface area contributed by atoms with Gasteiger partial charge in [0, 0.05) is 24.2 Å². The van der Waals surface area contributed by atoms with Crippen LogP contribution in [-0.4, -0.2) is 50.0 Å². The number of piperidine rings is 1. The van der Waals surface area contributed by atoms with Crippen LogP contribution >= 0.6 is 0 Å². The van der Waals surface area contributed by atoms with E-state index in [2.05, 4.69) is 6.08 Å². The molecule has 6 nitrogen and oxygen atoms in total. The lowest BCUT2D eigenvalue weighted by atomic mass is 9.55. The van der Waals surface area contributed by atoms with Crippen LogP contribution in [-0.2, 0) is 14.8 Å². The number of hydrogen-bond acceptors (Lipinski definition) is 4. The number of carbonyl (C=O) groups excluding carboxylic acids is 1. The van der Waals surface area contributed by atoms with Gasteiger partial charge in [-0.15, -0.1) is 0 Å². The number of hydrogen-bond donors (Lipinski definition) is 0. The van der Waals surface area contributed by atoms with Crippen molar-refractivity contribution in [2.45, 2.75) is 37.5 Å². The lowest BCUT2D eigenvalue weighted by molar-refractivity contribution is 0.0257. The third-order valence-corrected chi connectivity index (χ3v) is 8.98. The van der Waals surface area contributed by atoms with Crippen molar-refractivity contribution in [1.29, 1.82) is 0 Å². The van der Waals surface area contributed by atoms with Gasteiger partial charge in [0.2, 0.25) is 10.0 Å². The summed E-state index contributed by atoms with van der Waals surface area (Å²) >= 11 is 0. The van der Waals surface area contributed by atoms with Crippen LogP contribution in [0.5, 0.6) is 0 Å². The van der Waals surface area contributed by atoms with Gasteiger partial charge in [0.25, 0.3) is 0 Å². The first kappa shape index (κ1) is 18.2. The predicted molar refractivity (Wildman–Crippen MR) is 104 cm³/mol. The minimum atomic E-state index is -3.51. The highest BCUT2D eigenvalue weighted by atomic mass is 32.2. The molecule has 1 spiro atoms. The molecule has 2 saturated heterocycles. The van der Waals surface area contributed by atoms with E-state index in [1.807, 2.05) is 19.1 Å². The van der Waals surface area contributed by atoms with Crippen LogP contribution in [0.3, 0.4) is 0 Å². The van der Waals surface area contributed by atoms with Crippen LogP contribution in [0.2, 0.25) is 0 Å². The van der Waals surface area contributed by atoms with Gasteiger partial charge in [-0.1, -0.05) is 23.8 Å². The summed E-state index contributed by atoms with van der Waals surface area (Å²) in [5, 5.41) is 0. The van der Waals surface area contributed by atoms with Gasteiger partial charge < -0.3 is 4.74 Å². The fraction of sp³-hybridized carbons (Fsp3) is 0.571. The predicted octanol–water partition coefficient (Wildman–Crippen LogP) is 3.14. The monoisotopic (exact) mass is 402 g/mol. The van der Waals surface area contributed by atoms with Crippen LogP contribution in [0.1, 0.15) is 31.2 Å². The highest BCUT2D eigenvalue weighted by Crippen LogP contribution is 2.56. The third-order valence-electron chi connectivity index (χ3n) is 7.12. The van der Waals surface area contributed by atoms with E-state index in [-0.39, 0.29) is 11.5 Å². The molecule has 0 aromatic heterocycles. The van der Waals surface area contributed by atoms with Gasteiger partial charge in [-0.05, 0) is 56.6 Å². The Kier molecular flexibility index (Phi) is 4.11. The molecular weight excluding hydrogens is 376 g/mol. The second-order valence-corrected chi connectivity index (χ2v) is 10.6. The number of cyclic esters (lactones) is 1. The molecule has 0 radical (unpaired) electrons. The van der Waals surface area contributed by atoms with Gasteiger partial charge >= 0.3 is 6.09 Å². The Morgan fingerprint density at radius 3 is 2.64 bits per heavy atom. The van der Waals surface area contributed by atoms with Crippen molar-refractivity contribution in [3.05, 3.63) is 41.6 Å². The normalized spacial score (nSPS) is 32.8. The summed E-state index contributed by atoms with van der Waals surface area (Å²) in [4.78, 5) is 14.2. The molecule has 0 unspecified atom stereocenters. The van der Waals surface area contributed by atoms with Crippen molar-refractivity contribution < 1.29 is 17.9 Å². The van der Waals surface area contributed by atoms with Gasteiger partial charge in [-0.25, -0.2) is 13.2 Å². The Morgan fingerprint density at radius 1 is 1.14 bits per heavy atom. The Hall–Kier alpha value is -1.86. The summed E-state index contributed by atoms with van der Waals surface area (Å²) in [7, 11) is -3.51. The third kappa shape index (κ3) is 2.70. The standard InChI is InChI=1S/C21H26N2O4S/c1-15-2-4-18(5-3-15)28(25,26)22-9-7-17-12-16-6-8-21(17,14-22)13-19(16)23-10-11-27-20(23)24/h2-5,13,16-17H,6-12,14H2,1H3/t16-,17-,21-/m0/s1. The molecule has 6 rings (SSSR count). The van der Waals surface area contributed by atoms with Gasteiger partial charge in [0.15, 0.2) is 0 Å². The summed E-state index contributed by atoms with van der Waals surface area (Å²) < 4.78 is 33.3. The summed E-state index contributed by atoms with van der Waals surface area (Å²) in [6.45, 7) is 4.08. The molecule has 150 valence electrons. The zero-order chi connectivity index (χ0) is 19.5. The highest BCUT2D eigenvalue weighted by molar-refractivity contribution is 7.89. The van der Waals surface area contributed by atoms with Gasteiger partial charge in [0.05, 0.1) is 11.4 Å². The molecule has 2 aliphatic heterocycles. The van der Waals surface area contributed by atoms with E-state index >= 15 is 0 Å². The summed E-state index contributed by atoms with van der Waals surface area (Å²) in [6.07, 6.45) is 5.92. The van der Waals surface area contributed by atoms with Crippen molar-refractivity contribution in [2.75, 3.05) is 26.2 Å². The first-order chi connectivity index (χ1) is 13.4. The number of amides is 1. The number of rotatable bonds is 3. The van der Waals surface area contributed by atoms with Crippen LogP contribution in [0, 0.1) is 24.2 Å². The maximum absolute atomic E-state index is 13.3. The second kappa shape index (κ2) is 6.32. The topological polar surface area (TPSA) is 66.9 Å². The minimum Gasteiger partial charge on any atom is -0.447 e. The molecule has 7 heteroatoms. The lowest BCUT2D eigenvalue weighted by Gasteiger charge is -2.55. The van der Waals surface area contributed by atoms with E-state index in [1.54, 1.807) is 21.3 Å². The molecule has 2 heterocycles. The fourth-order valence-electron chi connectivity index (χ4n) is 5.57. The Labute approximate surface area is 166 Å². The molecule has 3 atom stereocenters. The maximum Gasteiger partial charge on any atom is 0.414 e. The average Bonchev–Trinajstić information content (AvgIpc) is 3.13. The van der Waals surface area contributed by atoms with Gasteiger partial charge in [-0.3, -0.25) is 4.90 Å². The van der Waals surface area contributed by atoms with Crippen LogP contribution in [0.25, 0.3) is 0 Å². The van der Waals surface area contributed by atoms with E-state index in [4.69, 9.17) is 4.74 Å². The quantitative estimate of drug-likeness (QED) is 0.779. The summed E-state index contributed by atoms with van der Waals surface area (Å²) in [5.74, 6) is 0.899. The average molecular weight is 403 g/mol. The molecule has 3 fully saturated rings. The van der Waals surface area contributed by atoms with Crippen molar-refractivity contribution >= 4 is 16.1 Å². The first-order valence-corrected chi connectivity index (χ1v) is 11.6. The van der Waals surface area contributed by atoms with Crippen molar-refractivity contribution in [2.24, 2.45) is 17.3 Å². The molecular formula is C21H26N2O4S. The Bertz CT molecular complexity index is 940. The van der Waals surface area contributed by atoms with Crippen LogP contribution < -0.4 is 0 Å². The lowest BCUT2D eigenvalue weighted by Crippen LogP contribution is -2.55. The number of ether oxygens (including phenoxy) is 1. The largest absolute Gasteiger partial charge is 0.447 e. The molecule has 1 aromatic carbocycles. The van der Waals surface area contributed by atoms with E-state index in [0.29, 0.717) is 43.0 Å². The molecule has 1 aromatic rings. The fourth-order valence-corrected chi connectivity index (χ4v) is 7.11. The molecule has 0 N–H and O–H groups in total.